The van der Waals surface area contributed by atoms with Gasteiger partial charge >= 0.3 is 0 Å². The van der Waals surface area contributed by atoms with Crippen molar-refractivity contribution in [1.82, 2.24) is 4.90 Å². The second-order valence-electron chi connectivity index (χ2n) is 4.84. The van der Waals surface area contributed by atoms with Crippen LogP contribution < -0.4 is 4.90 Å². The van der Waals surface area contributed by atoms with Gasteiger partial charge in [-0.1, -0.05) is 6.07 Å². The lowest BCUT2D eigenvalue weighted by molar-refractivity contribution is -0.121. The summed E-state index contributed by atoms with van der Waals surface area (Å²) in [4.78, 5) is 19.6. The molecule has 1 aromatic rings. The van der Waals surface area contributed by atoms with Crippen LogP contribution in [0.1, 0.15) is 18.1 Å². The van der Waals surface area contributed by atoms with Crippen molar-refractivity contribution in [1.29, 1.82) is 5.26 Å². The molecule has 5 nitrogen and oxygen atoms in total. The second-order valence-corrected chi connectivity index (χ2v) is 4.84. The minimum absolute atomic E-state index is 0.113. The number of rotatable bonds is 2. The van der Waals surface area contributed by atoms with Crippen LogP contribution in [0.5, 0.6) is 0 Å². The van der Waals surface area contributed by atoms with Crippen molar-refractivity contribution in [3.8, 4) is 6.07 Å². The molecule has 1 amide bonds. The monoisotopic (exact) mass is 268 g/mol. The fourth-order valence-corrected chi connectivity index (χ4v) is 1.97. The first-order valence-electron chi connectivity index (χ1n) is 6.20. The zero-order valence-corrected chi connectivity index (χ0v) is 12.0. The van der Waals surface area contributed by atoms with Crippen LogP contribution in [0.15, 0.2) is 28.9 Å². The van der Waals surface area contributed by atoms with Gasteiger partial charge in [0.05, 0.1) is 11.3 Å². The first-order chi connectivity index (χ1) is 9.43. The summed E-state index contributed by atoms with van der Waals surface area (Å²) >= 11 is 0. The van der Waals surface area contributed by atoms with Crippen molar-refractivity contribution in [3.05, 3.63) is 35.0 Å². The Bertz CT molecular complexity index is 665. The lowest BCUT2D eigenvalue weighted by atomic mass is 10.1. The van der Waals surface area contributed by atoms with Gasteiger partial charge in [0.2, 0.25) is 0 Å². The van der Waals surface area contributed by atoms with Gasteiger partial charge in [-0.05, 0) is 30.7 Å². The number of anilines is 1. The largest absolute Gasteiger partial charge is 0.377 e. The Kier molecular flexibility index (Phi) is 3.57. The third-order valence-corrected chi connectivity index (χ3v) is 3.22. The molecule has 0 fully saturated rings. The Balaban J connectivity index is 2.44. The Morgan fingerprint density at radius 1 is 1.40 bits per heavy atom. The van der Waals surface area contributed by atoms with E-state index >= 15 is 0 Å². The van der Waals surface area contributed by atoms with Crippen LogP contribution in [0.2, 0.25) is 0 Å². The number of carbonyl (C=O) groups is 1. The van der Waals surface area contributed by atoms with Gasteiger partial charge in [-0.25, -0.2) is 4.99 Å². The average Bonchev–Trinajstić information content (AvgIpc) is 2.66. The number of aliphatic imine (C=N–C) groups is 1. The van der Waals surface area contributed by atoms with Crippen molar-refractivity contribution in [2.75, 3.05) is 26.0 Å². The van der Waals surface area contributed by atoms with Crippen LogP contribution in [-0.2, 0) is 4.79 Å². The molecule has 1 aliphatic heterocycles. The predicted molar refractivity (Wildman–Crippen MR) is 79.3 cm³/mol. The second kappa shape index (κ2) is 5.17. The van der Waals surface area contributed by atoms with Gasteiger partial charge in [0, 0.05) is 21.1 Å². The van der Waals surface area contributed by atoms with Crippen LogP contribution in [0.4, 0.5) is 5.69 Å². The Hall–Kier alpha value is -2.61. The summed E-state index contributed by atoms with van der Waals surface area (Å²) < 4.78 is 0. The highest BCUT2D eigenvalue weighted by molar-refractivity contribution is 6.13. The zero-order chi connectivity index (χ0) is 14.9. The van der Waals surface area contributed by atoms with E-state index in [1.54, 1.807) is 26.1 Å². The normalized spacial score (nSPS) is 16.4. The van der Waals surface area contributed by atoms with Gasteiger partial charge in [-0.3, -0.25) is 9.69 Å². The molecule has 1 aromatic carbocycles. The SMILES string of the molecule is CC1=N/C(=C\c2ccc(C#N)c(N(C)C)c2)C(=O)N1C. The molecular weight excluding hydrogens is 252 g/mol. The van der Waals surface area contributed by atoms with Crippen molar-refractivity contribution in [2.45, 2.75) is 6.92 Å². The highest BCUT2D eigenvalue weighted by Gasteiger charge is 2.23. The molecule has 0 spiro atoms. The third-order valence-electron chi connectivity index (χ3n) is 3.22. The number of amidine groups is 1. The molecule has 20 heavy (non-hydrogen) atoms. The molecule has 2 rings (SSSR count). The van der Waals surface area contributed by atoms with Gasteiger partial charge in [0.25, 0.3) is 5.91 Å². The van der Waals surface area contributed by atoms with Gasteiger partial charge in [-0.15, -0.1) is 0 Å². The number of amides is 1. The summed E-state index contributed by atoms with van der Waals surface area (Å²) in [6, 6.07) is 7.60. The molecule has 0 radical (unpaired) electrons. The molecule has 0 atom stereocenters. The van der Waals surface area contributed by atoms with E-state index in [2.05, 4.69) is 11.1 Å². The smallest absolute Gasteiger partial charge is 0.277 e. The van der Waals surface area contributed by atoms with Crippen molar-refractivity contribution >= 4 is 23.5 Å². The van der Waals surface area contributed by atoms with E-state index in [4.69, 9.17) is 5.26 Å². The van der Waals surface area contributed by atoms with E-state index < -0.39 is 0 Å². The maximum Gasteiger partial charge on any atom is 0.277 e. The van der Waals surface area contributed by atoms with E-state index in [1.807, 2.05) is 31.1 Å². The van der Waals surface area contributed by atoms with E-state index in [-0.39, 0.29) is 5.91 Å². The molecule has 0 aliphatic carbocycles. The standard InChI is InChI=1S/C15H16N4O/c1-10-17-13(15(20)19(10)4)7-11-5-6-12(9-16)14(8-11)18(2)3/h5-8H,1-4H3/b13-7-. The number of benzene rings is 1. The first kappa shape index (κ1) is 13.8. The summed E-state index contributed by atoms with van der Waals surface area (Å²) in [6.45, 7) is 1.79. The maximum atomic E-state index is 11.9. The average molecular weight is 268 g/mol. The molecular formula is C15H16N4O. The van der Waals surface area contributed by atoms with Crippen molar-refractivity contribution in [2.24, 2.45) is 4.99 Å². The molecule has 0 unspecified atom stereocenters. The van der Waals surface area contributed by atoms with E-state index in [0.29, 0.717) is 17.1 Å². The fraction of sp³-hybridized carbons (Fsp3) is 0.267. The number of hydrogen-bond donors (Lipinski definition) is 0. The van der Waals surface area contributed by atoms with Gasteiger partial charge < -0.3 is 4.90 Å². The summed E-state index contributed by atoms with van der Waals surface area (Å²) in [7, 11) is 5.46. The lowest BCUT2D eigenvalue weighted by Gasteiger charge is -2.14. The van der Waals surface area contributed by atoms with E-state index in [1.165, 1.54) is 4.90 Å². The summed E-state index contributed by atoms with van der Waals surface area (Å²) in [5, 5.41) is 9.08. The zero-order valence-electron chi connectivity index (χ0n) is 12.0. The summed E-state index contributed by atoms with van der Waals surface area (Å²) in [5.41, 5.74) is 2.69. The predicted octanol–water partition coefficient (Wildman–Crippen LogP) is 1.86. The minimum atomic E-state index is -0.113. The Morgan fingerprint density at radius 3 is 2.60 bits per heavy atom. The van der Waals surface area contributed by atoms with Gasteiger partial charge in [-0.2, -0.15) is 5.26 Å². The van der Waals surface area contributed by atoms with Crippen LogP contribution in [-0.4, -0.2) is 37.8 Å². The lowest BCUT2D eigenvalue weighted by Crippen LogP contribution is -2.25. The van der Waals surface area contributed by atoms with Gasteiger partial charge in [0.1, 0.15) is 17.6 Å². The maximum absolute atomic E-state index is 11.9. The van der Waals surface area contributed by atoms with Gasteiger partial charge in [0.15, 0.2) is 0 Å². The number of hydrogen-bond acceptors (Lipinski definition) is 4. The van der Waals surface area contributed by atoms with Crippen LogP contribution >= 0.6 is 0 Å². The van der Waals surface area contributed by atoms with E-state index in [0.717, 1.165) is 11.3 Å². The number of nitrogens with zero attached hydrogens (tertiary/aromatic N) is 4. The molecule has 5 heteroatoms. The number of likely N-dealkylation sites (N-methyl/N-ethyl adjacent to an activating group) is 1. The molecule has 0 saturated carbocycles. The Labute approximate surface area is 118 Å². The number of nitriles is 1. The number of carbonyl (C=O) groups excluding carboxylic acids is 1. The minimum Gasteiger partial charge on any atom is -0.377 e. The van der Waals surface area contributed by atoms with Crippen molar-refractivity contribution in [3.63, 3.8) is 0 Å². The molecule has 102 valence electrons. The molecule has 1 heterocycles. The molecule has 0 aromatic heterocycles. The van der Waals surface area contributed by atoms with Crippen LogP contribution in [0, 0.1) is 11.3 Å². The van der Waals surface area contributed by atoms with Crippen molar-refractivity contribution < 1.29 is 4.79 Å². The van der Waals surface area contributed by atoms with Crippen LogP contribution in [0.3, 0.4) is 0 Å². The summed E-state index contributed by atoms with van der Waals surface area (Å²) in [5.74, 6) is 0.570. The quantitative estimate of drug-likeness (QED) is 0.769. The Morgan fingerprint density at radius 2 is 2.10 bits per heavy atom. The first-order valence-corrected chi connectivity index (χ1v) is 6.20. The molecule has 0 N–H and O–H groups in total. The molecule has 1 aliphatic rings. The highest BCUT2D eigenvalue weighted by Crippen LogP contribution is 2.23. The van der Waals surface area contributed by atoms with Crippen LogP contribution in [0.25, 0.3) is 6.08 Å². The third kappa shape index (κ3) is 2.41. The summed E-state index contributed by atoms with van der Waals surface area (Å²) in [6.07, 6.45) is 1.74. The molecule has 0 bridgehead atoms. The topological polar surface area (TPSA) is 59.7 Å². The van der Waals surface area contributed by atoms with E-state index in [9.17, 15) is 4.79 Å². The fourth-order valence-electron chi connectivity index (χ4n) is 1.97. The molecule has 0 saturated heterocycles. The highest BCUT2D eigenvalue weighted by atomic mass is 16.2.